The standard InChI is InChI=1S/C16H18N4O/c1-2-14-13-5-9-20(10-6-15(13)19-11-18-14)16(21)12-3-7-17-8-4-12/h3-4,7-8,11H,2,5-6,9-10H2,1H3. The molecule has 0 bridgehead atoms. The molecular formula is C16H18N4O. The van der Waals surface area contributed by atoms with Crippen LogP contribution in [0, 0.1) is 0 Å². The van der Waals surface area contributed by atoms with Crippen molar-refractivity contribution in [3.05, 3.63) is 53.4 Å². The Bertz CT molecular complexity index is 642. The highest BCUT2D eigenvalue weighted by molar-refractivity contribution is 5.94. The van der Waals surface area contributed by atoms with Gasteiger partial charge in [-0.1, -0.05) is 6.92 Å². The Morgan fingerprint density at radius 1 is 1.19 bits per heavy atom. The highest BCUT2D eigenvalue weighted by Crippen LogP contribution is 2.18. The van der Waals surface area contributed by atoms with Gasteiger partial charge in [0.15, 0.2) is 0 Å². The summed E-state index contributed by atoms with van der Waals surface area (Å²) in [6.07, 6.45) is 7.47. The van der Waals surface area contributed by atoms with Crippen LogP contribution in [0.3, 0.4) is 0 Å². The highest BCUT2D eigenvalue weighted by atomic mass is 16.2. The zero-order chi connectivity index (χ0) is 14.7. The van der Waals surface area contributed by atoms with Gasteiger partial charge >= 0.3 is 0 Å². The van der Waals surface area contributed by atoms with E-state index in [0.29, 0.717) is 18.7 Å². The zero-order valence-corrected chi connectivity index (χ0v) is 12.1. The summed E-state index contributed by atoms with van der Waals surface area (Å²) in [5.74, 6) is 0.0659. The predicted octanol–water partition coefficient (Wildman–Crippen LogP) is 1.68. The molecular weight excluding hydrogens is 264 g/mol. The van der Waals surface area contributed by atoms with Gasteiger partial charge < -0.3 is 4.90 Å². The van der Waals surface area contributed by atoms with E-state index in [-0.39, 0.29) is 5.91 Å². The molecule has 0 fully saturated rings. The van der Waals surface area contributed by atoms with Gasteiger partial charge in [-0.05, 0) is 30.5 Å². The number of carbonyl (C=O) groups excluding carboxylic acids is 1. The van der Waals surface area contributed by atoms with Crippen LogP contribution in [0.5, 0.6) is 0 Å². The minimum Gasteiger partial charge on any atom is -0.338 e. The number of hydrogen-bond donors (Lipinski definition) is 0. The summed E-state index contributed by atoms with van der Waals surface area (Å²) in [6, 6.07) is 3.52. The summed E-state index contributed by atoms with van der Waals surface area (Å²) >= 11 is 0. The molecule has 5 heteroatoms. The molecule has 3 heterocycles. The van der Waals surface area contributed by atoms with Crippen molar-refractivity contribution in [3.63, 3.8) is 0 Å². The predicted molar refractivity (Wildman–Crippen MR) is 79.0 cm³/mol. The van der Waals surface area contributed by atoms with Crippen LogP contribution in [-0.4, -0.2) is 38.8 Å². The molecule has 1 amide bonds. The summed E-state index contributed by atoms with van der Waals surface area (Å²) in [5.41, 5.74) is 4.12. The van der Waals surface area contributed by atoms with Crippen LogP contribution in [-0.2, 0) is 19.3 Å². The molecule has 0 saturated carbocycles. The van der Waals surface area contributed by atoms with Crippen LogP contribution >= 0.6 is 0 Å². The van der Waals surface area contributed by atoms with Crippen molar-refractivity contribution in [3.8, 4) is 0 Å². The molecule has 0 aliphatic carbocycles. The van der Waals surface area contributed by atoms with E-state index in [0.717, 1.165) is 30.7 Å². The Balaban J connectivity index is 1.80. The Morgan fingerprint density at radius 3 is 2.71 bits per heavy atom. The first-order chi connectivity index (χ1) is 10.3. The largest absolute Gasteiger partial charge is 0.338 e. The summed E-state index contributed by atoms with van der Waals surface area (Å²) in [5, 5.41) is 0. The van der Waals surface area contributed by atoms with E-state index in [9.17, 15) is 4.79 Å². The lowest BCUT2D eigenvalue weighted by atomic mass is 10.1. The number of fused-ring (bicyclic) bond motifs is 1. The van der Waals surface area contributed by atoms with Crippen LogP contribution in [0.25, 0.3) is 0 Å². The summed E-state index contributed by atoms with van der Waals surface area (Å²) in [6.45, 7) is 3.52. The SMILES string of the molecule is CCc1ncnc2c1CCN(C(=O)c1ccncc1)CC2. The van der Waals surface area contributed by atoms with Gasteiger partial charge in [0.2, 0.25) is 0 Å². The monoisotopic (exact) mass is 282 g/mol. The first kappa shape index (κ1) is 13.7. The number of carbonyl (C=O) groups is 1. The second kappa shape index (κ2) is 5.99. The lowest BCUT2D eigenvalue weighted by Crippen LogP contribution is -2.33. The number of rotatable bonds is 2. The third kappa shape index (κ3) is 2.77. The highest BCUT2D eigenvalue weighted by Gasteiger charge is 2.21. The Labute approximate surface area is 124 Å². The maximum absolute atomic E-state index is 12.5. The lowest BCUT2D eigenvalue weighted by molar-refractivity contribution is 0.0763. The summed E-state index contributed by atoms with van der Waals surface area (Å²) < 4.78 is 0. The fourth-order valence-electron chi connectivity index (χ4n) is 2.78. The summed E-state index contributed by atoms with van der Waals surface area (Å²) in [7, 11) is 0. The van der Waals surface area contributed by atoms with Gasteiger partial charge in [0.1, 0.15) is 6.33 Å². The molecule has 0 spiro atoms. The molecule has 3 rings (SSSR count). The minimum atomic E-state index is 0.0659. The molecule has 0 unspecified atom stereocenters. The number of pyridine rings is 1. The van der Waals surface area contributed by atoms with Gasteiger partial charge in [-0.3, -0.25) is 9.78 Å². The first-order valence-electron chi connectivity index (χ1n) is 7.30. The summed E-state index contributed by atoms with van der Waals surface area (Å²) in [4.78, 5) is 27.1. The average Bonchev–Trinajstić information content (AvgIpc) is 2.77. The minimum absolute atomic E-state index is 0.0659. The number of amides is 1. The number of hydrogen-bond acceptors (Lipinski definition) is 4. The zero-order valence-electron chi connectivity index (χ0n) is 12.1. The van der Waals surface area contributed by atoms with E-state index < -0.39 is 0 Å². The van der Waals surface area contributed by atoms with E-state index in [1.807, 2.05) is 4.90 Å². The maximum Gasteiger partial charge on any atom is 0.253 e. The van der Waals surface area contributed by atoms with Crippen LogP contribution < -0.4 is 0 Å². The van der Waals surface area contributed by atoms with E-state index >= 15 is 0 Å². The van der Waals surface area contributed by atoms with Gasteiger partial charge in [-0.25, -0.2) is 9.97 Å². The van der Waals surface area contributed by atoms with Crippen molar-refractivity contribution in [2.45, 2.75) is 26.2 Å². The fourth-order valence-corrected chi connectivity index (χ4v) is 2.78. The topological polar surface area (TPSA) is 59.0 Å². The van der Waals surface area contributed by atoms with Crippen molar-refractivity contribution in [2.75, 3.05) is 13.1 Å². The molecule has 0 saturated heterocycles. The van der Waals surface area contributed by atoms with Crippen molar-refractivity contribution in [1.29, 1.82) is 0 Å². The lowest BCUT2D eigenvalue weighted by Gasteiger charge is -2.20. The van der Waals surface area contributed by atoms with Crippen molar-refractivity contribution < 1.29 is 4.79 Å². The normalized spacial score (nSPS) is 14.4. The molecule has 1 aliphatic heterocycles. The van der Waals surface area contributed by atoms with Crippen LogP contribution in [0.1, 0.15) is 34.2 Å². The molecule has 21 heavy (non-hydrogen) atoms. The van der Waals surface area contributed by atoms with Gasteiger partial charge in [-0.2, -0.15) is 0 Å². The molecule has 2 aromatic rings. The molecule has 0 atom stereocenters. The molecule has 2 aromatic heterocycles. The molecule has 0 N–H and O–H groups in total. The Morgan fingerprint density at radius 2 is 1.95 bits per heavy atom. The van der Waals surface area contributed by atoms with Crippen molar-refractivity contribution in [1.82, 2.24) is 19.9 Å². The van der Waals surface area contributed by atoms with E-state index in [1.54, 1.807) is 30.9 Å². The Hall–Kier alpha value is -2.30. The maximum atomic E-state index is 12.5. The van der Waals surface area contributed by atoms with Gasteiger partial charge in [0.05, 0.1) is 0 Å². The number of aromatic nitrogens is 3. The molecule has 108 valence electrons. The van der Waals surface area contributed by atoms with Gasteiger partial charge in [0, 0.05) is 48.9 Å². The average molecular weight is 282 g/mol. The van der Waals surface area contributed by atoms with Crippen LogP contribution in [0.15, 0.2) is 30.9 Å². The van der Waals surface area contributed by atoms with Crippen LogP contribution in [0.4, 0.5) is 0 Å². The van der Waals surface area contributed by atoms with E-state index in [1.165, 1.54) is 5.56 Å². The quantitative estimate of drug-likeness (QED) is 0.841. The third-order valence-electron chi connectivity index (χ3n) is 3.92. The smallest absolute Gasteiger partial charge is 0.253 e. The van der Waals surface area contributed by atoms with Gasteiger partial charge in [0.25, 0.3) is 5.91 Å². The van der Waals surface area contributed by atoms with E-state index in [4.69, 9.17) is 0 Å². The second-order valence-electron chi connectivity index (χ2n) is 5.13. The van der Waals surface area contributed by atoms with Crippen molar-refractivity contribution in [2.24, 2.45) is 0 Å². The van der Waals surface area contributed by atoms with Crippen LogP contribution in [0.2, 0.25) is 0 Å². The Kier molecular flexibility index (Phi) is 3.90. The van der Waals surface area contributed by atoms with Crippen molar-refractivity contribution >= 4 is 5.91 Å². The second-order valence-corrected chi connectivity index (χ2v) is 5.13. The number of nitrogens with zero attached hydrogens (tertiary/aromatic N) is 4. The van der Waals surface area contributed by atoms with E-state index in [2.05, 4.69) is 21.9 Å². The third-order valence-corrected chi connectivity index (χ3v) is 3.92. The first-order valence-corrected chi connectivity index (χ1v) is 7.30. The van der Waals surface area contributed by atoms with Gasteiger partial charge in [-0.15, -0.1) is 0 Å². The molecule has 0 aromatic carbocycles. The number of aryl methyl sites for hydroxylation is 1. The fraction of sp³-hybridized carbons (Fsp3) is 0.375. The molecule has 0 radical (unpaired) electrons. The molecule has 1 aliphatic rings. The molecule has 5 nitrogen and oxygen atoms in total.